The molecule has 2 N–H and O–H groups in total. The van der Waals surface area contributed by atoms with Crippen LogP contribution in [0.15, 0.2) is 24.3 Å². The third-order valence-electron chi connectivity index (χ3n) is 2.96. The molecule has 0 radical (unpaired) electrons. The number of carbonyl (C=O) groups is 2. The molecule has 0 heterocycles. The standard InChI is InChI=1S/C15H22N2O3/c1-11(18)7-8-15(20)16-14-6-4-5-13(9-14)10-17(3)12(2)19/h4-6,9,11,18H,7-8,10H2,1-3H3,(H,16,20). The smallest absolute Gasteiger partial charge is 0.224 e. The van der Waals surface area contributed by atoms with Crippen molar-refractivity contribution < 1.29 is 14.7 Å². The van der Waals surface area contributed by atoms with E-state index in [-0.39, 0.29) is 18.2 Å². The van der Waals surface area contributed by atoms with Crippen molar-refractivity contribution in [2.45, 2.75) is 39.3 Å². The summed E-state index contributed by atoms with van der Waals surface area (Å²) < 4.78 is 0. The summed E-state index contributed by atoms with van der Waals surface area (Å²) in [5, 5.41) is 11.9. The second-order valence-electron chi connectivity index (χ2n) is 5.01. The Kier molecular flexibility index (Phi) is 6.18. The fourth-order valence-electron chi connectivity index (χ4n) is 1.70. The van der Waals surface area contributed by atoms with E-state index in [9.17, 15) is 9.59 Å². The lowest BCUT2D eigenvalue weighted by molar-refractivity contribution is -0.128. The number of rotatable bonds is 6. The highest BCUT2D eigenvalue weighted by Crippen LogP contribution is 2.13. The minimum atomic E-state index is -0.476. The van der Waals surface area contributed by atoms with Gasteiger partial charge in [0.1, 0.15) is 0 Å². The van der Waals surface area contributed by atoms with E-state index in [2.05, 4.69) is 5.32 Å². The molecule has 0 bridgehead atoms. The van der Waals surface area contributed by atoms with Crippen LogP contribution in [0.1, 0.15) is 32.3 Å². The highest BCUT2D eigenvalue weighted by atomic mass is 16.3. The Morgan fingerprint density at radius 2 is 2.10 bits per heavy atom. The average molecular weight is 278 g/mol. The summed E-state index contributed by atoms with van der Waals surface area (Å²) in [5.41, 5.74) is 1.66. The molecule has 1 aromatic carbocycles. The molecule has 0 aromatic heterocycles. The number of amides is 2. The third kappa shape index (κ3) is 5.84. The summed E-state index contributed by atoms with van der Waals surface area (Å²) in [6, 6.07) is 7.40. The molecule has 5 nitrogen and oxygen atoms in total. The Balaban J connectivity index is 2.59. The first-order valence-corrected chi connectivity index (χ1v) is 6.67. The van der Waals surface area contributed by atoms with Crippen LogP contribution >= 0.6 is 0 Å². The first-order chi connectivity index (χ1) is 9.38. The van der Waals surface area contributed by atoms with E-state index >= 15 is 0 Å². The number of hydrogen-bond acceptors (Lipinski definition) is 3. The second kappa shape index (κ2) is 7.65. The van der Waals surface area contributed by atoms with Crippen molar-refractivity contribution in [2.75, 3.05) is 12.4 Å². The summed E-state index contributed by atoms with van der Waals surface area (Å²) in [6.45, 7) is 3.68. The number of aliphatic hydroxyl groups excluding tert-OH is 1. The molecule has 0 saturated heterocycles. The summed E-state index contributed by atoms with van der Waals surface area (Å²) in [7, 11) is 1.73. The van der Waals surface area contributed by atoms with Crippen molar-refractivity contribution in [3.63, 3.8) is 0 Å². The molecular formula is C15H22N2O3. The van der Waals surface area contributed by atoms with Gasteiger partial charge in [-0.15, -0.1) is 0 Å². The van der Waals surface area contributed by atoms with Gasteiger partial charge in [0.05, 0.1) is 6.10 Å². The van der Waals surface area contributed by atoms with Crippen molar-refractivity contribution in [2.24, 2.45) is 0 Å². The van der Waals surface area contributed by atoms with Gasteiger partial charge in [-0.05, 0) is 31.0 Å². The van der Waals surface area contributed by atoms with Gasteiger partial charge in [-0.3, -0.25) is 9.59 Å². The molecule has 1 unspecified atom stereocenters. The Labute approximate surface area is 119 Å². The number of nitrogens with zero attached hydrogens (tertiary/aromatic N) is 1. The molecule has 1 rings (SSSR count). The van der Waals surface area contributed by atoms with Crippen LogP contribution in [0.5, 0.6) is 0 Å². The Morgan fingerprint density at radius 1 is 1.40 bits per heavy atom. The Morgan fingerprint density at radius 3 is 2.70 bits per heavy atom. The maximum Gasteiger partial charge on any atom is 0.224 e. The van der Waals surface area contributed by atoms with Crippen molar-refractivity contribution in [1.29, 1.82) is 0 Å². The number of hydrogen-bond donors (Lipinski definition) is 2. The first-order valence-electron chi connectivity index (χ1n) is 6.67. The zero-order chi connectivity index (χ0) is 15.1. The van der Waals surface area contributed by atoms with Gasteiger partial charge in [0.2, 0.25) is 11.8 Å². The largest absolute Gasteiger partial charge is 0.393 e. The van der Waals surface area contributed by atoms with E-state index in [1.54, 1.807) is 24.9 Å². The van der Waals surface area contributed by atoms with Gasteiger partial charge in [0.25, 0.3) is 0 Å². The second-order valence-corrected chi connectivity index (χ2v) is 5.01. The van der Waals surface area contributed by atoms with E-state index in [0.717, 1.165) is 5.56 Å². The maximum absolute atomic E-state index is 11.7. The van der Waals surface area contributed by atoms with Gasteiger partial charge >= 0.3 is 0 Å². The van der Waals surface area contributed by atoms with Crippen molar-refractivity contribution >= 4 is 17.5 Å². The monoisotopic (exact) mass is 278 g/mol. The van der Waals surface area contributed by atoms with E-state index in [0.29, 0.717) is 18.7 Å². The number of benzene rings is 1. The van der Waals surface area contributed by atoms with Crippen molar-refractivity contribution in [1.82, 2.24) is 4.90 Å². The molecule has 1 aromatic rings. The fraction of sp³-hybridized carbons (Fsp3) is 0.467. The minimum Gasteiger partial charge on any atom is -0.393 e. The molecule has 20 heavy (non-hydrogen) atoms. The highest BCUT2D eigenvalue weighted by Gasteiger charge is 2.07. The lowest BCUT2D eigenvalue weighted by Gasteiger charge is -2.15. The van der Waals surface area contributed by atoms with E-state index in [1.165, 1.54) is 6.92 Å². The predicted molar refractivity (Wildman–Crippen MR) is 78.1 cm³/mol. The topological polar surface area (TPSA) is 69.6 Å². The van der Waals surface area contributed by atoms with Crippen LogP contribution < -0.4 is 5.32 Å². The third-order valence-corrected chi connectivity index (χ3v) is 2.96. The summed E-state index contributed by atoms with van der Waals surface area (Å²) >= 11 is 0. The Hall–Kier alpha value is -1.88. The maximum atomic E-state index is 11.7. The number of carbonyl (C=O) groups excluding carboxylic acids is 2. The molecule has 0 saturated carbocycles. The lowest BCUT2D eigenvalue weighted by Crippen LogP contribution is -2.23. The van der Waals surface area contributed by atoms with Gasteiger partial charge in [-0.1, -0.05) is 12.1 Å². The molecule has 1 atom stereocenters. The molecule has 0 fully saturated rings. The van der Waals surface area contributed by atoms with E-state index in [4.69, 9.17) is 5.11 Å². The lowest BCUT2D eigenvalue weighted by atomic mass is 10.1. The Bertz CT molecular complexity index is 472. The van der Waals surface area contributed by atoms with Gasteiger partial charge < -0.3 is 15.3 Å². The predicted octanol–water partition coefficient (Wildman–Crippen LogP) is 1.76. The first kappa shape index (κ1) is 16.2. The highest BCUT2D eigenvalue weighted by molar-refractivity contribution is 5.90. The van der Waals surface area contributed by atoms with Crippen LogP contribution in [0.3, 0.4) is 0 Å². The SMILES string of the molecule is CC(=O)N(C)Cc1cccc(NC(=O)CCC(C)O)c1. The van der Waals surface area contributed by atoms with Gasteiger partial charge in [0, 0.05) is 32.6 Å². The average Bonchev–Trinajstić information content (AvgIpc) is 2.36. The molecule has 110 valence electrons. The number of nitrogens with one attached hydrogen (secondary N) is 1. The van der Waals surface area contributed by atoms with Crippen LogP contribution in [0, 0.1) is 0 Å². The van der Waals surface area contributed by atoms with E-state index < -0.39 is 6.10 Å². The van der Waals surface area contributed by atoms with Crippen LogP contribution in [0.2, 0.25) is 0 Å². The molecule has 0 aliphatic carbocycles. The van der Waals surface area contributed by atoms with Gasteiger partial charge in [-0.25, -0.2) is 0 Å². The normalized spacial score (nSPS) is 11.8. The van der Waals surface area contributed by atoms with Crippen LogP contribution in [0.25, 0.3) is 0 Å². The molecule has 0 aliphatic rings. The van der Waals surface area contributed by atoms with Crippen molar-refractivity contribution in [3.8, 4) is 0 Å². The molecule has 0 aliphatic heterocycles. The summed E-state index contributed by atoms with van der Waals surface area (Å²) in [5.74, 6) is -0.126. The zero-order valence-electron chi connectivity index (χ0n) is 12.2. The van der Waals surface area contributed by atoms with Gasteiger partial charge in [-0.2, -0.15) is 0 Å². The van der Waals surface area contributed by atoms with Gasteiger partial charge in [0.15, 0.2) is 0 Å². The fourth-order valence-corrected chi connectivity index (χ4v) is 1.70. The molecule has 2 amide bonds. The quantitative estimate of drug-likeness (QED) is 0.833. The molecule has 0 spiro atoms. The zero-order valence-corrected chi connectivity index (χ0v) is 12.2. The van der Waals surface area contributed by atoms with Crippen molar-refractivity contribution in [3.05, 3.63) is 29.8 Å². The number of aliphatic hydroxyl groups is 1. The summed E-state index contributed by atoms with van der Waals surface area (Å²) in [6.07, 6.45) is 0.254. The van der Waals surface area contributed by atoms with Crippen LogP contribution in [0.4, 0.5) is 5.69 Å². The van der Waals surface area contributed by atoms with Crippen LogP contribution in [-0.2, 0) is 16.1 Å². The minimum absolute atomic E-state index is 0.00336. The number of anilines is 1. The molecular weight excluding hydrogens is 256 g/mol. The van der Waals surface area contributed by atoms with Crippen LogP contribution in [-0.4, -0.2) is 35.0 Å². The molecule has 5 heteroatoms. The summed E-state index contributed by atoms with van der Waals surface area (Å²) in [4.78, 5) is 24.5. The van der Waals surface area contributed by atoms with E-state index in [1.807, 2.05) is 18.2 Å².